The number of piperidine rings is 1. The minimum Gasteiger partial charge on any atom is -0.475 e. The molecule has 5 rings (SSSR count). The number of anilines is 2. The van der Waals surface area contributed by atoms with Gasteiger partial charge in [0.15, 0.2) is 5.82 Å². The van der Waals surface area contributed by atoms with E-state index in [1.165, 1.54) is 41.7 Å². The SMILES string of the molecule is CC(C)(C)OC(=O)N1CCC[C@H](Nc2nccc(-c3scnc3Oc3ccc(NS(=O)(=O)c4ccccc4Cl)c(F)c3)n2)C1.O=C(O)C(F)(F)F. The summed E-state index contributed by atoms with van der Waals surface area (Å²) >= 11 is 7.29. The molecule has 1 amide bonds. The molecule has 0 radical (unpaired) electrons. The smallest absolute Gasteiger partial charge is 0.475 e. The highest BCUT2D eigenvalue weighted by atomic mass is 35.5. The van der Waals surface area contributed by atoms with E-state index in [-0.39, 0.29) is 39.4 Å². The average Bonchev–Trinajstić information content (AvgIpc) is 3.50. The van der Waals surface area contributed by atoms with Crippen molar-refractivity contribution in [2.75, 3.05) is 23.1 Å². The first kappa shape index (κ1) is 39.0. The topological polar surface area (TPSA) is 173 Å². The summed E-state index contributed by atoms with van der Waals surface area (Å²) in [6.45, 7) is 6.57. The Morgan fingerprint density at radius 3 is 2.45 bits per heavy atom. The van der Waals surface area contributed by atoms with Crippen LogP contribution in [0.3, 0.4) is 0 Å². The van der Waals surface area contributed by atoms with Gasteiger partial charge in [-0.2, -0.15) is 13.2 Å². The average molecular weight is 775 g/mol. The number of halogens is 5. The summed E-state index contributed by atoms with van der Waals surface area (Å²) in [7, 11) is -4.12. The van der Waals surface area contributed by atoms with Crippen molar-refractivity contribution in [3.63, 3.8) is 0 Å². The Morgan fingerprint density at radius 2 is 1.80 bits per heavy atom. The van der Waals surface area contributed by atoms with Gasteiger partial charge in [0, 0.05) is 31.4 Å². The van der Waals surface area contributed by atoms with Gasteiger partial charge in [0.1, 0.15) is 21.1 Å². The van der Waals surface area contributed by atoms with Crippen molar-refractivity contribution in [2.24, 2.45) is 0 Å². The molecule has 0 saturated carbocycles. The summed E-state index contributed by atoms with van der Waals surface area (Å²) in [4.78, 5) is 36.8. The predicted molar refractivity (Wildman–Crippen MR) is 180 cm³/mol. The number of benzene rings is 2. The zero-order valence-corrected chi connectivity index (χ0v) is 29.5. The molecule has 20 heteroatoms. The largest absolute Gasteiger partial charge is 0.490 e. The summed E-state index contributed by atoms with van der Waals surface area (Å²) in [6.07, 6.45) is -2.20. The molecule has 2 aromatic carbocycles. The number of carboxylic acids is 1. The molecule has 13 nitrogen and oxygen atoms in total. The van der Waals surface area contributed by atoms with E-state index in [0.29, 0.717) is 29.6 Å². The fraction of sp³-hybridized carbons (Fsp3) is 0.323. The van der Waals surface area contributed by atoms with Crippen molar-refractivity contribution >= 4 is 56.7 Å². The molecule has 4 aromatic rings. The number of aromatic nitrogens is 3. The lowest BCUT2D eigenvalue weighted by Gasteiger charge is -2.34. The number of likely N-dealkylation sites (tertiary alicyclic amines) is 1. The van der Waals surface area contributed by atoms with Crippen LogP contribution in [-0.4, -0.2) is 76.3 Å². The molecule has 0 unspecified atom stereocenters. The maximum absolute atomic E-state index is 15.0. The molecule has 1 aliphatic rings. The highest BCUT2D eigenvalue weighted by molar-refractivity contribution is 7.92. The van der Waals surface area contributed by atoms with E-state index < -0.39 is 33.6 Å². The molecule has 1 fully saturated rings. The third-order valence-corrected chi connectivity index (χ3v) is 9.29. The second-order valence-corrected chi connectivity index (χ2v) is 14.7. The van der Waals surface area contributed by atoms with Crippen molar-refractivity contribution in [1.29, 1.82) is 0 Å². The maximum Gasteiger partial charge on any atom is 0.490 e. The van der Waals surface area contributed by atoms with Gasteiger partial charge < -0.3 is 24.8 Å². The number of ether oxygens (including phenoxy) is 2. The van der Waals surface area contributed by atoms with E-state index in [4.69, 9.17) is 31.0 Å². The number of amides is 1. The van der Waals surface area contributed by atoms with E-state index in [1.54, 1.807) is 28.7 Å². The Morgan fingerprint density at radius 1 is 1.10 bits per heavy atom. The Labute approximate surface area is 298 Å². The first-order valence-electron chi connectivity index (χ1n) is 14.9. The molecule has 1 aliphatic heterocycles. The maximum atomic E-state index is 15.0. The van der Waals surface area contributed by atoms with Gasteiger partial charge in [0.25, 0.3) is 10.0 Å². The second kappa shape index (κ2) is 16.1. The predicted octanol–water partition coefficient (Wildman–Crippen LogP) is 7.43. The van der Waals surface area contributed by atoms with Crippen LogP contribution >= 0.6 is 22.9 Å². The van der Waals surface area contributed by atoms with Crippen molar-refractivity contribution < 1.29 is 50.1 Å². The molecule has 3 N–H and O–H groups in total. The van der Waals surface area contributed by atoms with Crippen molar-refractivity contribution in [2.45, 2.75) is 56.3 Å². The molecule has 0 spiro atoms. The standard InChI is InChI=1S/C29H30ClFN6O5S2.C2HF3O2/c1-29(2,3)42-28(38)37-14-6-7-18(16-37)34-27-32-13-12-23(35-27)25-26(33-17-43-25)41-19-10-11-22(21(31)15-19)36-44(39,40)24-9-5-4-8-20(24)30;3-2(4,5)1(6)7/h4-5,8-13,15,17-18,36H,6-7,14,16H2,1-3H3,(H,32,34,35);(H,6,7)/t18-;/m0./s1. The molecule has 51 heavy (non-hydrogen) atoms. The number of rotatable bonds is 8. The third kappa shape index (κ3) is 11.1. The van der Waals surface area contributed by atoms with Gasteiger partial charge in [0.05, 0.1) is 21.9 Å². The lowest BCUT2D eigenvalue weighted by atomic mass is 10.1. The van der Waals surface area contributed by atoms with Crippen LogP contribution in [0.25, 0.3) is 10.6 Å². The zero-order chi connectivity index (χ0) is 37.6. The molecule has 274 valence electrons. The molecule has 0 aliphatic carbocycles. The summed E-state index contributed by atoms with van der Waals surface area (Å²) in [5, 5.41) is 10.4. The van der Waals surface area contributed by atoms with Crippen LogP contribution in [0, 0.1) is 5.82 Å². The fourth-order valence-corrected chi connectivity index (χ4v) is 6.69. The Kier molecular flexibility index (Phi) is 12.3. The van der Waals surface area contributed by atoms with E-state index >= 15 is 0 Å². The number of thiazole rings is 1. The van der Waals surface area contributed by atoms with Crippen LogP contribution in [-0.2, 0) is 19.6 Å². The number of nitrogens with one attached hydrogen (secondary N) is 2. The van der Waals surface area contributed by atoms with E-state index in [2.05, 4.69) is 25.0 Å². The van der Waals surface area contributed by atoms with E-state index in [0.717, 1.165) is 18.9 Å². The minimum absolute atomic E-state index is 0.0148. The first-order valence-corrected chi connectivity index (χ1v) is 17.6. The summed E-state index contributed by atoms with van der Waals surface area (Å²) in [6, 6.07) is 11.2. The number of alkyl halides is 3. The van der Waals surface area contributed by atoms with Crippen molar-refractivity contribution in [3.8, 4) is 22.2 Å². The molecular weight excluding hydrogens is 744 g/mol. The van der Waals surface area contributed by atoms with Crippen LogP contribution in [0.15, 0.2) is 65.1 Å². The fourth-order valence-electron chi connectivity index (χ4n) is 4.42. The lowest BCUT2D eigenvalue weighted by molar-refractivity contribution is -0.192. The molecule has 1 atom stereocenters. The number of sulfonamides is 1. The highest BCUT2D eigenvalue weighted by Crippen LogP contribution is 2.36. The van der Waals surface area contributed by atoms with E-state index in [1.807, 2.05) is 20.8 Å². The number of carbonyl (C=O) groups is 2. The van der Waals surface area contributed by atoms with Crippen LogP contribution in [0.1, 0.15) is 33.6 Å². The Balaban J connectivity index is 0.000000755. The number of hydrogen-bond donors (Lipinski definition) is 3. The summed E-state index contributed by atoms with van der Waals surface area (Å²) < 4.78 is 85.7. The van der Waals surface area contributed by atoms with Gasteiger partial charge in [-0.25, -0.2) is 37.3 Å². The number of carbonyl (C=O) groups excluding carboxylic acids is 1. The molecule has 2 aromatic heterocycles. The van der Waals surface area contributed by atoms with Gasteiger partial charge in [-0.3, -0.25) is 4.72 Å². The van der Waals surface area contributed by atoms with Crippen LogP contribution < -0.4 is 14.8 Å². The van der Waals surface area contributed by atoms with Gasteiger partial charge in [-0.05, 0) is 63.9 Å². The second-order valence-electron chi connectivity index (χ2n) is 11.7. The van der Waals surface area contributed by atoms with Crippen molar-refractivity contribution in [1.82, 2.24) is 19.9 Å². The van der Waals surface area contributed by atoms with Gasteiger partial charge >= 0.3 is 18.2 Å². The molecule has 0 bridgehead atoms. The van der Waals surface area contributed by atoms with Crippen LogP contribution in [0.5, 0.6) is 11.6 Å². The van der Waals surface area contributed by atoms with Gasteiger partial charge in [-0.1, -0.05) is 23.7 Å². The zero-order valence-electron chi connectivity index (χ0n) is 27.1. The summed E-state index contributed by atoms with van der Waals surface area (Å²) in [5.74, 6) is -2.94. The highest BCUT2D eigenvalue weighted by Gasteiger charge is 2.38. The summed E-state index contributed by atoms with van der Waals surface area (Å²) in [5.41, 5.74) is 1.26. The van der Waals surface area contributed by atoms with Crippen LogP contribution in [0.2, 0.25) is 5.02 Å². The minimum atomic E-state index is -5.08. The monoisotopic (exact) mass is 774 g/mol. The number of aliphatic carboxylic acids is 1. The van der Waals surface area contributed by atoms with Gasteiger partial charge in [0.2, 0.25) is 11.8 Å². The lowest BCUT2D eigenvalue weighted by Crippen LogP contribution is -2.47. The number of carboxylic acid groups (broad SMARTS) is 1. The first-order chi connectivity index (χ1) is 23.8. The molecule has 1 saturated heterocycles. The quantitative estimate of drug-likeness (QED) is 0.152. The Hall–Kier alpha value is -4.75. The normalized spacial score (nSPS) is 14.9. The third-order valence-electron chi connectivity index (χ3n) is 6.60. The molecule has 3 heterocycles. The van der Waals surface area contributed by atoms with Gasteiger partial charge in [-0.15, -0.1) is 11.3 Å². The van der Waals surface area contributed by atoms with Crippen LogP contribution in [0.4, 0.5) is 34.0 Å². The molecular formula is C31H31ClF4N6O7S2. The Bertz CT molecular complexity index is 1980. The van der Waals surface area contributed by atoms with Crippen molar-refractivity contribution in [3.05, 3.63) is 71.1 Å². The number of hydrogen-bond acceptors (Lipinski definition) is 11. The number of nitrogens with zero attached hydrogens (tertiary/aromatic N) is 4. The van der Waals surface area contributed by atoms with E-state index in [9.17, 15) is 30.8 Å².